The van der Waals surface area contributed by atoms with Gasteiger partial charge in [0.2, 0.25) is 11.8 Å². The molecule has 1 unspecified atom stereocenters. The first-order valence-corrected chi connectivity index (χ1v) is 12.0. The summed E-state index contributed by atoms with van der Waals surface area (Å²) in [5.41, 5.74) is 5.79. The summed E-state index contributed by atoms with van der Waals surface area (Å²) < 4.78 is 1.16. The van der Waals surface area contributed by atoms with Gasteiger partial charge in [-0.15, -0.1) is 11.3 Å². The topological polar surface area (TPSA) is 74.3 Å². The molecule has 0 spiro atoms. The number of nitrogens with one attached hydrogen (secondary N) is 2. The molecule has 1 aromatic heterocycles. The molecular weight excluding hydrogens is 444 g/mol. The fourth-order valence-electron chi connectivity index (χ4n) is 3.50. The van der Waals surface area contributed by atoms with Crippen LogP contribution in [0.3, 0.4) is 0 Å². The van der Waals surface area contributed by atoms with Crippen LogP contribution in [0.15, 0.2) is 66.7 Å². The number of thiazole rings is 1. The standard InChI is InChI=1S/C27H28N4O2S/c1-17-5-10-21(11-6-17)28-25(32)16-31(4)19(3)26(33)29-22-12-8-20(9-13-22)27-30-23-14-7-18(2)15-24(23)34-27/h5-15,19H,16H2,1-4H3,(H,28,32)(H,29,33). The number of nitrogens with zero attached hydrogens (tertiary/aromatic N) is 2. The van der Waals surface area contributed by atoms with Gasteiger partial charge in [0.05, 0.1) is 22.8 Å². The molecule has 6 nitrogen and oxygen atoms in total. The van der Waals surface area contributed by atoms with Crippen LogP contribution < -0.4 is 10.6 Å². The lowest BCUT2D eigenvalue weighted by Gasteiger charge is -2.23. The highest BCUT2D eigenvalue weighted by molar-refractivity contribution is 7.21. The van der Waals surface area contributed by atoms with Crippen molar-refractivity contribution in [3.05, 3.63) is 77.9 Å². The minimum atomic E-state index is -0.476. The lowest BCUT2D eigenvalue weighted by molar-refractivity contribution is -0.122. The Morgan fingerprint density at radius 1 is 0.912 bits per heavy atom. The number of likely N-dealkylation sites (N-methyl/N-ethyl adjacent to an activating group) is 1. The molecule has 0 aliphatic heterocycles. The lowest BCUT2D eigenvalue weighted by Crippen LogP contribution is -2.43. The second kappa shape index (κ2) is 10.2. The van der Waals surface area contributed by atoms with Crippen LogP contribution in [0.2, 0.25) is 0 Å². The minimum Gasteiger partial charge on any atom is -0.325 e. The number of anilines is 2. The Morgan fingerprint density at radius 3 is 2.24 bits per heavy atom. The van der Waals surface area contributed by atoms with Gasteiger partial charge in [0.15, 0.2) is 0 Å². The Bertz CT molecular complexity index is 1310. The number of hydrogen-bond acceptors (Lipinski definition) is 5. The van der Waals surface area contributed by atoms with Crippen molar-refractivity contribution in [1.29, 1.82) is 0 Å². The van der Waals surface area contributed by atoms with Crippen LogP contribution in [-0.2, 0) is 9.59 Å². The third-order valence-corrected chi connectivity index (χ3v) is 6.78. The summed E-state index contributed by atoms with van der Waals surface area (Å²) in [5.74, 6) is -0.338. The van der Waals surface area contributed by atoms with Crippen molar-refractivity contribution in [3.8, 4) is 10.6 Å². The molecule has 3 aromatic carbocycles. The second-order valence-electron chi connectivity index (χ2n) is 8.56. The van der Waals surface area contributed by atoms with E-state index in [0.717, 1.165) is 32.0 Å². The number of fused-ring (bicyclic) bond motifs is 1. The van der Waals surface area contributed by atoms with Crippen LogP contribution in [0.1, 0.15) is 18.1 Å². The molecule has 0 saturated carbocycles. The van der Waals surface area contributed by atoms with Crippen molar-refractivity contribution in [2.24, 2.45) is 0 Å². The van der Waals surface area contributed by atoms with Gasteiger partial charge in [-0.1, -0.05) is 23.8 Å². The van der Waals surface area contributed by atoms with Gasteiger partial charge >= 0.3 is 0 Å². The predicted molar refractivity (Wildman–Crippen MR) is 140 cm³/mol. The van der Waals surface area contributed by atoms with Crippen molar-refractivity contribution in [3.63, 3.8) is 0 Å². The highest BCUT2D eigenvalue weighted by atomic mass is 32.1. The Labute approximate surface area is 203 Å². The van der Waals surface area contributed by atoms with Crippen molar-refractivity contribution in [2.75, 3.05) is 24.2 Å². The average molecular weight is 473 g/mol. The van der Waals surface area contributed by atoms with Gasteiger partial charge in [0.25, 0.3) is 0 Å². The molecule has 4 aromatic rings. The molecule has 2 N–H and O–H groups in total. The normalized spacial score (nSPS) is 12.0. The van der Waals surface area contributed by atoms with E-state index in [9.17, 15) is 9.59 Å². The maximum Gasteiger partial charge on any atom is 0.241 e. The van der Waals surface area contributed by atoms with E-state index in [1.54, 1.807) is 30.2 Å². The first-order valence-electron chi connectivity index (χ1n) is 11.1. The first-order chi connectivity index (χ1) is 16.3. The summed E-state index contributed by atoms with van der Waals surface area (Å²) in [6.45, 7) is 5.96. The second-order valence-corrected chi connectivity index (χ2v) is 9.59. The molecule has 0 radical (unpaired) electrons. The van der Waals surface area contributed by atoms with Crippen molar-refractivity contribution < 1.29 is 9.59 Å². The summed E-state index contributed by atoms with van der Waals surface area (Å²) in [6.07, 6.45) is 0. The van der Waals surface area contributed by atoms with Gasteiger partial charge in [0.1, 0.15) is 5.01 Å². The van der Waals surface area contributed by atoms with Crippen LogP contribution in [0.25, 0.3) is 20.8 Å². The third-order valence-electron chi connectivity index (χ3n) is 5.71. The molecule has 0 saturated heterocycles. The quantitative estimate of drug-likeness (QED) is 0.374. The highest BCUT2D eigenvalue weighted by Gasteiger charge is 2.20. The smallest absolute Gasteiger partial charge is 0.241 e. The largest absolute Gasteiger partial charge is 0.325 e. The summed E-state index contributed by atoms with van der Waals surface area (Å²) in [5, 5.41) is 6.75. The Balaban J connectivity index is 1.33. The van der Waals surface area contributed by atoms with Crippen LogP contribution in [0.5, 0.6) is 0 Å². The van der Waals surface area contributed by atoms with Crippen molar-refractivity contribution in [2.45, 2.75) is 26.8 Å². The molecular formula is C27H28N4O2S. The number of aromatic nitrogens is 1. The van der Waals surface area contributed by atoms with Gasteiger partial charge in [-0.3, -0.25) is 14.5 Å². The summed E-state index contributed by atoms with van der Waals surface area (Å²) in [6, 6.07) is 21.1. The van der Waals surface area contributed by atoms with E-state index in [1.807, 2.05) is 61.5 Å². The maximum atomic E-state index is 12.7. The van der Waals surface area contributed by atoms with E-state index >= 15 is 0 Å². The van der Waals surface area contributed by atoms with Crippen LogP contribution >= 0.6 is 11.3 Å². The molecule has 0 fully saturated rings. The zero-order valence-corrected chi connectivity index (χ0v) is 20.6. The molecule has 34 heavy (non-hydrogen) atoms. The number of carbonyl (C=O) groups is 2. The minimum absolute atomic E-state index is 0.110. The van der Waals surface area contributed by atoms with Crippen LogP contribution in [0, 0.1) is 13.8 Å². The molecule has 1 heterocycles. The van der Waals surface area contributed by atoms with E-state index in [0.29, 0.717) is 5.69 Å². The Hall–Kier alpha value is -3.55. The lowest BCUT2D eigenvalue weighted by atomic mass is 10.2. The number of amides is 2. The Morgan fingerprint density at radius 2 is 1.53 bits per heavy atom. The number of benzene rings is 3. The fraction of sp³-hybridized carbons (Fsp3) is 0.222. The van der Waals surface area contributed by atoms with Crippen molar-refractivity contribution >= 4 is 44.7 Å². The van der Waals surface area contributed by atoms with Gasteiger partial charge in [-0.25, -0.2) is 4.98 Å². The molecule has 2 amide bonds. The Kier molecular flexibility index (Phi) is 7.05. The van der Waals surface area contributed by atoms with Crippen molar-refractivity contribution in [1.82, 2.24) is 9.88 Å². The summed E-state index contributed by atoms with van der Waals surface area (Å²) in [4.78, 5) is 31.5. The summed E-state index contributed by atoms with van der Waals surface area (Å²) >= 11 is 1.66. The van der Waals surface area contributed by atoms with E-state index in [2.05, 4.69) is 29.7 Å². The zero-order valence-electron chi connectivity index (χ0n) is 19.8. The van der Waals surface area contributed by atoms with Crippen LogP contribution in [0.4, 0.5) is 11.4 Å². The first kappa shape index (κ1) is 23.6. The van der Waals surface area contributed by atoms with E-state index in [1.165, 1.54) is 5.56 Å². The summed E-state index contributed by atoms with van der Waals surface area (Å²) in [7, 11) is 1.76. The molecule has 174 valence electrons. The molecule has 0 bridgehead atoms. The monoisotopic (exact) mass is 472 g/mol. The SMILES string of the molecule is Cc1ccc(NC(=O)CN(C)C(C)C(=O)Nc2ccc(-c3nc4ccc(C)cc4s3)cc2)cc1. The molecule has 7 heteroatoms. The van der Waals surface area contributed by atoms with E-state index < -0.39 is 6.04 Å². The molecule has 4 rings (SSSR count). The van der Waals surface area contributed by atoms with Crippen LogP contribution in [-0.4, -0.2) is 41.3 Å². The molecule has 1 atom stereocenters. The molecule has 0 aliphatic carbocycles. The number of rotatable bonds is 7. The van der Waals surface area contributed by atoms with Gasteiger partial charge in [0, 0.05) is 16.9 Å². The van der Waals surface area contributed by atoms with Gasteiger partial charge in [-0.2, -0.15) is 0 Å². The third kappa shape index (κ3) is 5.68. The molecule has 0 aliphatic rings. The predicted octanol–water partition coefficient (Wildman–Crippen LogP) is 5.48. The number of aryl methyl sites for hydroxylation is 2. The maximum absolute atomic E-state index is 12.7. The number of carbonyl (C=O) groups excluding carboxylic acids is 2. The fourth-order valence-corrected chi connectivity index (χ4v) is 4.57. The highest BCUT2D eigenvalue weighted by Crippen LogP contribution is 2.31. The van der Waals surface area contributed by atoms with E-state index in [4.69, 9.17) is 4.98 Å². The van der Waals surface area contributed by atoms with Gasteiger partial charge < -0.3 is 10.6 Å². The zero-order chi connectivity index (χ0) is 24.2. The number of hydrogen-bond donors (Lipinski definition) is 2. The van der Waals surface area contributed by atoms with E-state index in [-0.39, 0.29) is 18.4 Å². The average Bonchev–Trinajstić information content (AvgIpc) is 3.23. The van der Waals surface area contributed by atoms with Gasteiger partial charge in [-0.05, 0) is 81.9 Å².